The second kappa shape index (κ2) is 6.13. The Labute approximate surface area is 124 Å². The first-order chi connectivity index (χ1) is 9.29. The molecule has 2 nitrogen and oxygen atoms in total. The number of hydrazine groups is 1. The second-order valence-electron chi connectivity index (χ2n) is 6.13. The van der Waals surface area contributed by atoms with Crippen LogP contribution in [0.25, 0.3) is 0 Å². The zero-order valence-electron chi connectivity index (χ0n) is 11.3. The summed E-state index contributed by atoms with van der Waals surface area (Å²) < 4.78 is 0. The normalized spacial score (nSPS) is 22.3. The first-order valence-corrected chi connectivity index (χ1v) is 8.73. The molecular weight excluding hydrogens is 276 g/mol. The molecular formula is C15H23ClN2S. The number of nitrogens with one attached hydrogen (secondary N) is 1. The Morgan fingerprint density at radius 2 is 1.89 bits per heavy atom. The van der Waals surface area contributed by atoms with Crippen LogP contribution in [0.4, 0.5) is 0 Å². The van der Waals surface area contributed by atoms with Gasteiger partial charge in [0.2, 0.25) is 0 Å². The van der Waals surface area contributed by atoms with Gasteiger partial charge in [-0.3, -0.25) is 11.3 Å². The molecule has 1 atom stereocenters. The minimum absolute atomic E-state index is 0.395. The molecule has 3 N–H and O–H groups in total. The van der Waals surface area contributed by atoms with Gasteiger partial charge in [0.05, 0.1) is 5.02 Å². The average Bonchev–Trinajstić information content (AvgIpc) is 2.66. The Morgan fingerprint density at radius 3 is 2.26 bits per heavy atom. The topological polar surface area (TPSA) is 38.0 Å². The predicted molar refractivity (Wildman–Crippen MR) is 82.3 cm³/mol. The quantitative estimate of drug-likeness (QED) is 0.615. The largest absolute Gasteiger partial charge is 0.271 e. The van der Waals surface area contributed by atoms with Crippen LogP contribution in [-0.2, 0) is 6.42 Å². The van der Waals surface area contributed by atoms with Crippen LogP contribution in [0, 0.1) is 17.8 Å². The van der Waals surface area contributed by atoms with Crippen LogP contribution < -0.4 is 11.3 Å². The third kappa shape index (κ3) is 2.85. The molecule has 2 aliphatic carbocycles. The lowest BCUT2D eigenvalue weighted by Crippen LogP contribution is -2.50. The number of halogens is 1. The molecule has 1 heterocycles. The number of nitrogens with two attached hydrogens (primary N) is 1. The lowest BCUT2D eigenvalue weighted by atomic mass is 9.61. The van der Waals surface area contributed by atoms with E-state index in [9.17, 15) is 0 Å². The molecule has 1 aromatic rings. The molecule has 0 saturated heterocycles. The van der Waals surface area contributed by atoms with Crippen molar-refractivity contribution in [3.8, 4) is 0 Å². The molecule has 106 valence electrons. The summed E-state index contributed by atoms with van der Waals surface area (Å²) in [5, 5.41) is 2.98. The Hall–Kier alpha value is -0.0900. The minimum atomic E-state index is 0.395. The van der Waals surface area contributed by atoms with E-state index in [1.807, 2.05) is 6.07 Å². The molecule has 0 spiro atoms. The average molecular weight is 299 g/mol. The van der Waals surface area contributed by atoms with E-state index >= 15 is 0 Å². The van der Waals surface area contributed by atoms with Crippen molar-refractivity contribution in [2.24, 2.45) is 23.6 Å². The van der Waals surface area contributed by atoms with Gasteiger partial charge in [0, 0.05) is 17.3 Å². The van der Waals surface area contributed by atoms with Gasteiger partial charge in [-0.2, -0.15) is 0 Å². The van der Waals surface area contributed by atoms with E-state index in [1.54, 1.807) is 11.3 Å². The van der Waals surface area contributed by atoms with E-state index in [0.29, 0.717) is 6.04 Å². The molecule has 0 radical (unpaired) electrons. The standard InChI is InChI=1S/C15H23ClN2S/c16-12-7-8-19-14(12)9-13(18-17)15(10-3-1-4-10)11-5-2-6-11/h7-8,10-11,13,15,18H,1-6,9,17H2. The van der Waals surface area contributed by atoms with Crippen molar-refractivity contribution in [2.75, 3.05) is 0 Å². The molecule has 1 unspecified atom stereocenters. The summed E-state index contributed by atoms with van der Waals surface area (Å²) in [7, 11) is 0. The summed E-state index contributed by atoms with van der Waals surface area (Å²) in [5.41, 5.74) is 3.11. The zero-order valence-corrected chi connectivity index (χ0v) is 12.8. The van der Waals surface area contributed by atoms with Crippen molar-refractivity contribution in [3.05, 3.63) is 21.3 Å². The van der Waals surface area contributed by atoms with E-state index in [4.69, 9.17) is 17.4 Å². The maximum absolute atomic E-state index is 6.24. The number of rotatable bonds is 6. The van der Waals surface area contributed by atoms with Gasteiger partial charge in [0.25, 0.3) is 0 Å². The lowest BCUT2D eigenvalue weighted by Gasteiger charge is -2.46. The minimum Gasteiger partial charge on any atom is -0.271 e. The number of thiophene rings is 1. The summed E-state index contributed by atoms with van der Waals surface area (Å²) in [6, 6.07) is 2.39. The van der Waals surface area contributed by atoms with Gasteiger partial charge < -0.3 is 0 Å². The zero-order chi connectivity index (χ0) is 13.2. The van der Waals surface area contributed by atoms with Gasteiger partial charge in [-0.25, -0.2) is 0 Å². The molecule has 4 heteroatoms. The van der Waals surface area contributed by atoms with E-state index < -0.39 is 0 Å². The Morgan fingerprint density at radius 1 is 1.26 bits per heavy atom. The smallest absolute Gasteiger partial charge is 0.0545 e. The highest BCUT2D eigenvalue weighted by Crippen LogP contribution is 2.46. The molecule has 1 aromatic heterocycles. The fourth-order valence-electron chi connectivity index (χ4n) is 3.67. The molecule has 3 rings (SSSR count). The highest BCUT2D eigenvalue weighted by Gasteiger charge is 2.40. The van der Waals surface area contributed by atoms with Crippen LogP contribution in [0.2, 0.25) is 5.02 Å². The number of hydrogen-bond donors (Lipinski definition) is 2. The third-order valence-electron chi connectivity index (χ3n) is 5.16. The molecule has 0 amide bonds. The maximum atomic E-state index is 6.24. The van der Waals surface area contributed by atoms with Gasteiger partial charge in [0.15, 0.2) is 0 Å². The summed E-state index contributed by atoms with van der Waals surface area (Å²) >= 11 is 8.00. The molecule has 0 aromatic carbocycles. The van der Waals surface area contributed by atoms with Gasteiger partial charge >= 0.3 is 0 Å². The summed E-state index contributed by atoms with van der Waals surface area (Å²) in [6.07, 6.45) is 9.41. The molecule has 2 aliphatic rings. The van der Waals surface area contributed by atoms with Gasteiger partial charge in [-0.05, 0) is 29.2 Å². The van der Waals surface area contributed by atoms with Crippen LogP contribution in [0.3, 0.4) is 0 Å². The Bertz CT molecular complexity index is 398. The SMILES string of the molecule is NNC(Cc1sccc1Cl)C(C1CCC1)C1CCC1. The van der Waals surface area contributed by atoms with Crippen molar-refractivity contribution < 1.29 is 0 Å². The van der Waals surface area contributed by atoms with Crippen molar-refractivity contribution in [1.29, 1.82) is 0 Å². The number of hydrogen-bond acceptors (Lipinski definition) is 3. The fraction of sp³-hybridized carbons (Fsp3) is 0.733. The van der Waals surface area contributed by atoms with Crippen LogP contribution in [-0.4, -0.2) is 6.04 Å². The lowest BCUT2D eigenvalue weighted by molar-refractivity contribution is 0.0602. The van der Waals surface area contributed by atoms with E-state index in [2.05, 4.69) is 10.8 Å². The van der Waals surface area contributed by atoms with Crippen molar-refractivity contribution in [3.63, 3.8) is 0 Å². The summed E-state index contributed by atoms with van der Waals surface area (Å²) in [5.74, 6) is 8.43. The van der Waals surface area contributed by atoms with E-state index in [-0.39, 0.29) is 0 Å². The molecule has 0 aliphatic heterocycles. The monoisotopic (exact) mass is 298 g/mol. The van der Waals surface area contributed by atoms with Crippen molar-refractivity contribution in [2.45, 2.75) is 51.0 Å². The first-order valence-electron chi connectivity index (χ1n) is 7.47. The summed E-state index contributed by atoms with van der Waals surface area (Å²) in [6.45, 7) is 0. The molecule has 2 fully saturated rings. The highest BCUT2D eigenvalue weighted by molar-refractivity contribution is 7.10. The predicted octanol–water partition coefficient (Wildman–Crippen LogP) is 3.99. The first kappa shape index (κ1) is 13.9. The highest BCUT2D eigenvalue weighted by atomic mass is 35.5. The molecule has 2 saturated carbocycles. The summed E-state index contributed by atoms with van der Waals surface area (Å²) in [4.78, 5) is 1.29. The van der Waals surface area contributed by atoms with E-state index in [0.717, 1.165) is 29.2 Å². The van der Waals surface area contributed by atoms with Crippen LogP contribution >= 0.6 is 22.9 Å². The van der Waals surface area contributed by atoms with Gasteiger partial charge in [-0.15, -0.1) is 11.3 Å². The molecule has 0 bridgehead atoms. The fourth-order valence-corrected chi connectivity index (χ4v) is 4.84. The third-order valence-corrected chi connectivity index (χ3v) is 6.57. The van der Waals surface area contributed by atoms with Crippen molar-refractivity contribution in [1.82, 2.24) is 5.43 Å². The van der Waals surface area contributed by atoms with Crippen LogP contribution in [0.1, 0.15) is 43.4 Å². The Balaban J connectivity index is 1.72. The Kier molecular flexibility index (Phi) is 4.47. The van der Waals surface area contributed by atoms with Crippen molar-refractivity contribution >= 4 is 22.9 Å². The van der Waals surface area contributed by atoms with E-state index in [1.165, 1.54) is 43.4 Å². The van der Waals surface area contributed by atoms with Crippen LogP contribution in [0.15, 0.2) is 11.4 Å². The second-order valence-corrected chi connectivity index (χ2v) is 7.54. The molecule has 19 heavy (non-hydrogen) atoms. The maximum Gasteiger partial charge on any atom is 0.0545 e. The van der Waals surface area contributed by atoms with Gasteiger partial charge in [0.1, 0.15) is 0 Å². The van der Waals surface area contributed by atoms with Crippen LogP contribution in [0.5, 0.6) is 0 Å². The van der Waals surface area contributed by atoms with Gasteiger partial charge in [-0.1, -0.05) is 50.1 Å².